The molecule has 1 nitrogen and oxygen atoms in total. The van der Waals surface area contributed by atoms with Gasteiger partial charge in [0, 0.05) is 11.5 Å². The van der Waals surface area contributed by atoms with Gasteiger partial charge in [-0.15, -0.1) is 0 Å². The largest absolute Gasteiger partial charge is 0.294 e. The Balaban J connectivity index is 1.87. The van der Waals surface area contributed by atoms with Gasteiger partial charge in [0.1, 0.15) is 0 Å². The predicted molar refractivity (Wildman–Crippen MR) is 86.8 cm³/mol. The molecule has 0 spiro atoms. The van der Waals surface area contributed by atoms with Crippen LogP contribution in [0.1, 0.15) is 45.5 Å². The molecular formula is C20H22O. The normalized spacial score (nSPS) is 18.2. The molecule has 1 aliphatic rings. The molecule has 3 rings (SSSR count). The van der Waals surface area contributed by atoms with Crippen LogP contribution in [0.5, 0.6) is 0 Å². The summed E-state index contributed by atoms with van der Waals surface area (Å²) >= 11 is 0. The molecule has 0 saturated carbocycles. The van der Waals surface area contributed by atoms with Crippen molar-refractivity contribution in [2.75, 3.05) is 0 Å². The summed E-state index contributed by atoms with van der Waals surface area (Å²) in [5.41, 5.74) is 6.04. The molecule has 2 aromatic carbocycles. The standard InChI is InChI=1S/C20H22O/c1-14-10-15(2)12-16(11-14)13-18-8-5-7-17-6-3-4-9-19(17)20(18)21/h3-4,6,9-12,18H,5,7-8,13H2,1-2H3. The van der Waals surface area contributed by atoms with Gasteiger partial charge in [-0.2, -0.15) is 0 Å². The van der Waals surface area contributed by atoms with E-state index in [2.05, 4.69) is 38.1 Å². The molecule has 1 aliphatic carbocycles. The molecule has 0 amide bonds. The molecule has 1 heteroatoms. The van der Waals surface area contributed by atoms with Crippen molar-refractivity contribution in [3.63, 3.8) is 0 Å². The van der Waals surface area contributed by atoms with Crippen LogP contribution in [0.25, 0.3) is 0 Å². The number of aryl methyl sites for hydroxylation is 3. The maximum atomic E-state index is 12.8. The van der Waals surface area contributed by atoms with Crippen molar-refractivity contribution in [3.05, 3.63) is 70.3 Å². The zero-order valence-electron chi connectivity index (χ0n) is 12.9. The van der Waals surface area contributed by atoms with Crippen molar-refractivity contribution in [2.45, 2.75) is 39.5 Å². The fraction of sp³-hybridized carbons (Fsp3) is 0.350. The summed E-state index contributed by atoms with van der Waals surface area (Å²) in [6.45, 7) is 4.25. The fourth-order valence-corrected chi connectivity index (χ4v) is 3.53. The van der Waals surface area contributed by atoms with E-state index in [9.17, 15) is 4.79 Å². The molecule has 108 valence electrons. The van der Waals surface area contributed by atoms with Gasteiger partial charge in [-0.25, -0.2) is 0 Å². The lowest BCUT2D eigenvalue weighted by Crippen LogP contribution is -2.16. The molecule has 1 atom stereocenters. The van der Waals surface area contributed by atoms with Crippen molar-refractivity contribution in [2.24, 2.45) is 5.92 Å². The first-order valence-electron chi connectivity index (χ1n) is 7.83. The maximum absolute atomic E-state index is 12.8. The van der Waals surface area contributed by atoms with Crippen LogP contribution in [-0.2, 0) is 12.8 Å². The number of fused-ring (bicyclic) bond motifs is 1. The Kier molecular flexibility index (Phi) is 3.92. The molecule has 0 N–H and O–H groups in total. The summed E-state index contributed by atoms with van der Waals surface area (Å²) < 4.78 is 0. The van der Waals surface area contributed by atoms with Crippen LogP contribution in [0.15, 0.2) is 42.5 Å². The number of benzene rings is 2. The number of hydrogen-bond acceptors (Lipinski definition) is 1. The van der Waals surface area contributed by atoms with E-state index in [1.807, 2.05) is 18.2 Å². The molecule has 0 radical (unpaired) electrons. The lowest BCUT2D eigenvalue weighted by Gasteiger charge is -2.15. The Labute approximate surface area is 127 Å². The van der Waals surface area contributed by atoms with Crippen LogP contribution in [0.4, 0.5) is 0 Å². The zero-order chi connectivity index (χ0) is 14.8. The van der Waals surface area contributed by atoms with Gasteiger partial charge in [0.05, 0.1) is 0 Å². The third kappa shape index (κ3) is 3.07. The molecule has 21 heavy (non-hydrogen) atoms. The Morgan fingerprint density at radius 2 is 1.76 bits per heavy atom. The van der Waals surface area contributed by atoms with Crippen molar-refractivity contribution >= 4 is 5.78 Å². The summed E-state index contributed by atoms with van der Waals surface area (Å²) in [4.78, 5) is 12.8. The molecule has 0 heterocycles. The average Bonchev–Trinajstić information content (AvgIpc) is 2.59. The number of carbonyl (C=O) groups excluding carboxylic acids is 1. The summed E-state index contributed by atoms with van der Waals surface area (Å²) in [5, 5.41) is 0. The smallest absolute Gasteiger partial charge is 0.166 e. The molecule has 0 bridgehead atoms. The highest BCUT2D eigenvalue weighted by Gasteiger charge is 2.25. The summed E-state index contributed by atoms with van der Waals surface area (Å²) in [6.07, 6.45) is 4.01. The van der Waals surface area contributed by atoms with Crippen LogP contribution in [0, 0.1) is 19.8 Å². The Bertz CT molecular complexity index is 649. The van der Waals surface area contributed by atoms with E-state index in [1.54, 1.807) is 0 Å². The van der Waals surface area contributed by atoms with Crippen LogP contribution in [0.2, 0.25) is 0 Å². The van der Waals surface area contributed by atoms with Crippen molar-refractivity contribution in [1.29, 1.82) is 0 Å². The van der Waals surface area contributed by atoms with E-state index in [0.29, 0.717) is 5.78 Å². The molecule has 1 unspecified atom stereocenters. The Morgan fingerprint density at radius 1 is 1.05 bits per heavy atom. The molecule has 2 aromatic rings. The highest BCUT2D eigenvalue weighted by Crippen LogP contribution is 2.27. The van der Waals surface area contributed by atoms with Crippen LogP contribution in [-0.4, -0.2) is 5.78 Å². The first-order valence-corrected chi connectivity index (χ1v) is 7.83. The number of rotatable bonds is 2. The van der Waals surface area contributed by atoms with Crippen molar-refractivity contribution in [1.82, 2.24) is 0 Å². The highest BCUT2D eigenvalue weighted by molar-refractivity contribution is 5.99. The first-order chi connectivity index (χ1) is 10.1. The predicted octanol–water partition coefficient (Wildman–Crippen LogP) is 4.68. The lowest BCUT2D eigenvalue weighted by molar-refractivity contribution is 0.0915. The third-order valence-corrected chi connectivity index (χ3v) is 4.42. The van der Waals surface area contributed by atoms with Gasteiger partial charge in [-0.05, 0) is 50.7 Å². The van der Waals surface area contributed by atoms with E-state index in [-0.39, 0.29) is 5.92 Å². The minimum absolute atomic E-state index is 0.134. The van der Waals surface area contributed by atoms with Gasteiger partial charge < -0.3 is 0 Å². The topological polar surface area (TPSA) is 17.1 Å². The third-order valence-electron chi connectivity index (χ3n) is 4.42. The van der Waals surface area contributed by atoms with E-state index >= 15 is 0 Å². The van der Waals surface area contributed by atoms with E-state index < -0.39 is 0 Å². The zero-order valence-corrected chi connectivity index (χ0v) is 12.9. The molecule has 0 saturated heterocycles. The van der Waals surface area contributed by atoms with Crippen LogP contribution in [0.3, 0.4) is 0 Å². The second-order valence-electron chi connectivity index (χ2n) is 6.31. The average molecular weight is 278 g/mol. The molecular weight excluding hydrogens is 256 g/mol. The van der Waals surface area contributed by atoms with E-state index in [0.717, 1.165) is 31.2 Å². The van der Waals surface area contributed by atoms with Crippen molar-refractivity contribution in [3.8, 4) is 0 Å². The monoisotopic (exact) mass is 278 g/mol. The highest BCUT2D eigenvalue weighted by atomic mass is 16.1. The minimum Gasteiger partial charge on any atom is -0.294 e. The lowest BCUT2D eigenvalue weighted by atomic mass is 9.88. The first kappa shape index (κ1) is 14.1. The Morgan fingerprint density at radius 3 is 2.52 bits per heavy atom. The van der Waals surface area contributed by atoms with Crippen LogP contribution >= 0.6 is 0 Å². The van der Waals surface area contributed by atoms with Crippen LogP contribution < -0.4 is 0 Å². The van der Waals surface area contributed by atoms with E-state index in [1.165, 1.54) is 22.3 Å². The second-order valence-corrected chi connectivity index (χ2v) is 6.31. The molecule has 0 aromatic heterocycles. The molecule has 0 aliphatic heterocycles. The van der Waals surface area contributed by atoms with Gasteiger partial charge >= 0.3 is 0 Å². The molecule has 0 fully saturated rings. The van der Waals surface area contributed by atoms with Gasteiger partial charge in [0.15, 0.2) is 5.78 Å². The number of Topliss-reactive ketones (excluding diaryl/α,β-unsaturated/α-hetero) is 1. The summed E-state index contributed by atoms with van der Waals surface area (Å²) in [7, 11) is 0. The SMILES string of the molecule is Cc1cc(C)cc(CC2CCCc3ccccc3C2=O)c1. The Hall–Kier alpha value is -1.89. The quantitative estimate of drug-likeness (QED) is 0.729. The summed E-state index contributed by atoms with van der Waals surface area (Å²) in [6, 6.07) is 14.7. The summed E-state index contributed by atoms with van der Waals surface area (Å²) in [5.74, 6) is 0.470. The minimum atomic E-state index is 0.134. The number of hydrogen-bond donors (Lipinski definition) is 0. The van der Waals surface area contributed by atoms with Gasteiger partial charge in [-0.1, -0.05) is 53.6 Å². The maximum Gasteiger partial charge on any atom is 0.166 e. The van der Waals surface area contributed by atoms with Gasteiger partial charge in [0.2, 0.25) is 0 Å². The fourth-order valence-electron chi connectivity index (χ4n) is 3.53. The van der Waals surface area contributed by atoms with Gasteiger partial charge in [-0.3, -0.25) is 4.79 Å². The van der Waals surface area contributed by atoms with Gasteiger partial charge in [0.25, 0.3) is 0 Å². The number of ketones is 1. The number of carbonyl (C=O) groups is 1. The van der Waals surface area contributed by atoms with E-state index in [4.69, 9.17) is 0 Å². The van der Waals surface area contributed by atoms with Crippen molar-refractivity contribution < 1.29 is 4.79 Å². The second kappa shape index (κ2) is 5.85.